The number of hydrogen-bond donors (Lipinski definition) is 2. The molecule has 1 aromatic heterocycles. The van der Waals surface area contributed by atoms with Gasteiger partial charge in [-0.1, -0.05) is 12.1 Å². The quantitative estimate of drug-likeness (QED) is 0.663. The van der Waals surface area contributed by atoms with Crippen LogP contribution in [0, 0.1) is 6.92 Å². The largest absolute Gasteiger partial charge is 0.397 e. The van der Waals surface area contributed by atoms with E-state index in [1.165, 1.54) is 0 Å². The third kappa shape index (κ3) is 1.31. The minimum atomic E-state index is 0.598. The number of benzene rings is 1. The van der Waals surface area contributed by atoms with Gasteiger partial charge in [-0.25, -0.2) is 4.68 Å². The molecule has 0 aliphatic rings. The Balaban J connectivity index is 2.60. The van der Waals surface area contributed by atoms with Crippen molar-refractivity contribution in [1.82, 2.24) is 9.78 Å². The Kier molecular flexibility index (Phi) is 1.89. The number of anilines is 2. The maximum absolute atomic E-state index is 5.81. The molecular formula is C10H12N4. The Morgan fingerprint density at radius 2 is 1.93 bits per heavy atom. The van der Waals surface area contributed by atoms with Crippen molar-refractivity contribution in [2.24, 2.45) is 0 Å². The van der Waals surface area contributed by atoms with Crippen LogP contribution in [0.3, 0.4) is 0 Å². The molecule has 0 unspecified atom stereocenters. The van der Waals surface area contributed by atoms with Crippen LogP contribution in [-0.2, 0) is 0 Å². The Hall–Kier alpha value is -1.97. The van der Waals surface area contributed by atoms with Crippen molar-refractivity contribution in [2.45, 2.75) is 6.92 Å². The lowest BCUT2D eigenvalue weighted by atomic mass is 10.3. The highest BCUT2D eigenvalue weighted by molar-refractivity contribution is 5.59. The van der Waals surface area contributed by atoms with Gasteiger partial charge in [0.25, 0.3) is 0 Å². The summed E-state index contributed by atoms with van der Waals surface area (Å²) in [5.74, 6) is 0.598. The zero-order valence-corrected chi connectivity index (χ0v) is 7.94. The van der Waals surface area contributed by atoms with E-state index in [4.69, 9.17) is 11.5 Å². The summed E-state index contributed by atoms with van der Waals surface area (Å²) >= 11 is 0. The van der Waals surface area contributed by atoms with Gasteiger partial charge in [0.2, 0.25) is 0 Å². The highest BCUT2D eigenvalue weighted by atomic mass is 15.3. The summed E-state index contributed by atoms with van der Waals surface area (Å²) in [6.45, 7) is 1.89. The van der Waals surface area contributed by atoms with E-state index in [1.807, 2.05) is 37.3 Å². The van der Waals surface area contributed by atoms with Crippen molar-refractivity contribution in [3.05, 3.63) is 36.0 Å². The standard InChI is InChI=1S/C10H12N4/c1-7-6-10(12)14(13-7)9-5-3-2-4-8(9)11/h2-6H,11-12H2,1H3. The molecule has 2 aromatic rings. The fourth-order valence-corrected chi connectivity index (χ4v) is 1.39. The Bertz CT molecular complexity index is 459. The van der Waals surface area contributed by atoms with Crippen molar-refractivity contribution in [1.29, 1.82) is 0 Å². The topological polar surface area (TPSA) is 69.9 Å². The van der Waals surface area contributed by atoms with Gasteiger partial charge in [-0.15, -0.1) is 0 Å². The summed E-state index contributed by atoms with van der Waals surface area (Å²) < 4.78 is 1.64. The molecule has 4 N–H and O–H groups in total. The first kappa shape index (κ1) is 8.62. The number of para-hydroxylation sites is 2. The average molecular weight is 188 g/mol. The molecule has 0 amide bonds. The number of nitrogen functional groups attached to an aromatic ring is 2. The van der Waals surface area contributed by atoms with Gasteiger partial charge in [0, 0.05) is 6.07 Å². The van der Waals surface area contributed by atoms with Crippen LogP contribution < -0.4 is 11.5 Å². The van der Waals surface area contributed by atoms with Gasteiger partial charge < -0.3 is 11.5 Å². The third-order valence-corrected chi connectivity index (χ3v) is 2.02. The van der Waals surface area contributed by atoms with Gasteiger partial charge in [0.05, 0.1) is 17.1 Å². The van der Waals surface area contributed by atoms with Crippen LogP contribution in [0.2, 0.25) is 0 Å². The zero-order chi connectivity index (χ0) is 10.1. The molecule has 72 valence electrons. The summed E-state index contributed by atoms with van der Waals surface area (Å²) in [5, 5.41) is 4.25. The first-order chi connectivity index (χ1) is 6.68. The van der Waals surface area contributed by atoms with Crippen LogP contribution in [-0.4, -0.2) is 9.78 Å². The Morgan fingerprint density at radius 1 is 1.21 bits per heavy atom. The van der Waals surface area contributed by atoms with Crippen molar-refractivity contribution in [2.75, 3.05) is 11.5 Å². The number of hydrogen-bond acceptors (Lipinski definition) is 3. The molecule has 0 atom stereocenters. The van der Waals surface area contributed by atoms with Crippen molar-refractivity contribution >= 4 is 11.5 Å². The number of aromatic nitrogens is 2. The molecule has 0 saturated heterocycles. The maximum atomic E-state index is 5.81. The van der Waals surface area contributed by atoms with Crippen molar-refractivity contribution < 1.29 is 0 Å². The predicted octanol–water partition coefficient (Wildman–Crippen LogP) is 1.35. The molecule has 1 heterocycles. The Labute approximate surface area is 82.1 Å². The Morgan fingerprint density at radius 3 is 2.50 bits per heavy atom. The first-order valence-corrected chi connectivity index (χ1v) is 4.35. The normalized spacial score (nSPS) is 10.4. The van der Waals surface area contributed by atoms with Gasteiger partial charge in [-0.2, -0.15) is 5.10 Å². The number of aryl methyl sites for hydroxylation is 1. The lowest BCUT2D eigenvalue weighted by Crippen LogP contribution is -2.04. The number of nitrogens with zero attached hydrogens (tertiary/aromatic N) is 2. The molecule has 0 saturated carbocycles. The monoisotopic (exact) mass is 188 g/mol. The van der Waals surface area contributed by atoms with E-state index in [0.29, 0.717) is 11.5 Å². The highest BCUT2D eigenvalue weighted by Crippen LogP contribution is 2.19. The average Bonchev–Trinajstić information content (AvgIpc) is 2.46. The smallest absolute Gasteiger partial charge is 0.127 e. The van der Waals surface area contributed by atoms with Crippen LogP contribution in [0.15, 0.2) is 30.3 Å². The lowest BCUT2D eigenvalue weighted by Gasteiger charge is -2.06. The predicted molar refractivity (Wildman–Crippen MR) is 57.1 cm³/mol. The van der Waals surface area contributed by atoms with Crippen LogP contribution in [0.4, 0.5) is 11.5 Å². The molecule has 0 fully saturated rings. The van der Waals surface area contributed by atoms with Gasteiger partial charge >= 0.3 is 0 Å². The number of nitrogens with two attached hydrogens (primary N) is 2. The van der Waals surface area contributed by atoms with E-state index in [0.717, 1.165) is 11.4 Å². The summed E-state index contributed by atoms with van der Waals surface area (Å²) in [4.78, 5) is 0. The van der Waals surface area contributed by atoms with Crippen molar-refractivity contribution in [3.63, 3.8) is 0 Å². The maximum Gasteiger partial charge on any atom is 0.127 e. The van der Waals surface area contributed by atoms with Crippen LogP contribution >= 0.6 is 0 Å². The molecule has 0 aliphatic carbocycles. The molecule has 0 bridgehead atoms. The fourth-order valence-electron chi connectivity index (χ4n) is 1.39. The molecule has 2 rings (SSSR count). The molecule has 1 aromatic carbocycles. The minimum absolute atomic E-state index is 0.598. The molecule has 4 nitrogen and oxygen atoms in total. The SMILES string of the molecule is Cc1cc(N)n(-c2ccccc2N)n1. The summed E-state index contributed by atoms with van der Waals surface area (Å²) in [6.07, 6.45) is 0. The van der Waals surface area contributed by atoms with Crippen LogP contribution in [0.5, 0.6) is 0 Å². The van der Waals surface area contributed by atoms with Gasteiger partial charge in [0.1, 0.15) is 5.82 Å². The first-order valence-electron chi connectivity index (χ1n) is 4.35. The summed E-state index contributed by atoms with van der Waals surface area (Å²) in [6, 6.07) is 9.31. The second-order valence-corrected chi connectivity index (χ2v) is 3.18. The third-order valence-electron chi connectivity index (χ3n) is 2.02. The van der Waals surface area contributed by atoms with Gasteiger partial charge in [-0.05, 0) is 19.1 Å². The second-order valence-electron chi connectivity index (χ2n) is 3.18. The molecule has 0 aliphatic heterocycles. The van der Waals surface area contributed by atoms with Gasteiger partial charge in [0.15, 0.2) is 0 Å². The summed E-state index contributed by atoms with van der Waals surface area (Å²) in [5.41, 5.74) is 14.0. The van der Waals surface area contributed by atoms with E-state index in [2.05, 4.69) is 5.10 Å². The van der Waals surface area contributed by atoms with Crippen LogP contribution in [0.1, 0.15) is 5.69 Å². The molecule has 14 heavy (non-hydrogen) atoms. The van der Waals surface area contributed by atoms with E-state index in [9.17, 15) is 0 Å². The minimum Gasteiger partial charge on any atom is -0.397 e. The van der Waals surface area contributed by atoms with E-state index >= 15 is 0 Å². The molecule has 4 heteroatoms. The molecular weight excluding hydrogens is 176 g/mol. The fraction of sp³-hybridized carbons (Fsp3) is 0.100. The summed E-state index contributed by atoms with van der Waals surface area (Å²) in [7, 11) is 0. The van der Waals surface area contributed by atoms with E-state index < -0.39 is 0 Å². The van der Waals surface area contributed by atoms with E-state index in [1.54, 1.807) is 4.68 Å². The van der Waals surface area contributed by atoms with Gasteiger partial charge in [-0.3, -0.25) is 0 Å². The lowest BCUT2D eigenvalue weighted by molar-refractivity contribution is 0.874. The van der Waals surface area contributed by atoms with Crippen LogP contribution in [0.25, 0.3) is 5.69 Å². The second kappa shape index (κ2) is 3.06. The van der Waals surface area contributed by atoms with E-state index in [-0.39, 0.29) is 0 Å². The van der Waals surface area contributed by atoms with Crippen molar-refractivity contribution in [3.8, 4) is 5.69 Å². The molecule has 0 radical (unpaired) electrons. The number of rotatable bonds is 1. The zero-order valence-electron chi connectivity index (χ0n) is 7.94. The highest BCUT2D eigenvalue weighted by Gasteiger charge is 2.06. The molecule has 0 spiro atoms.